The number of alkyl halides is 3. The molecule has 18 heavy (non-hydrogen) atoms. The number of benzene rings is 1. The molecule has 0 bridgehead atoms. The monoisotopic (exact) mass is 261 g/mol. The third kappa shape index (κ3) is 3.46. The number of hydrogen-bond donors (Lipinski definition) is 1. The summed E-state index contributed by atoms with van der Waals surface area (Å²) < 4.78 is 41.8. The van der Waals surface area contributed by atoms with Crippen LogP contribution in [0.3, 0.4) is 0 Å². The second-order valence-corrected chi connectivity index (χ2v) is 3.63. The van der Waals surface area contributed by atoms with Crippen molar-refractivity contribution in [1.82, 2.24) is 5.32 Å². The molecule has 0 fully saturated rings. The Hall–Kier alpha value is -1.56. The van der Waals surface area contributed by atoms with Gasteiger partial charge in [0, 0.05) is 0 Å². The molecule has 0 saturated heterocycles. The number of ether oxygens (including phenoxy) is 1. The van der Waals surface area contributed by atoms with Crippen molar-refractivity contribution >= 4 is 5.97 Å². The third-order valence-electron chi connectivity index (χ3n) is 2.42. The Morgan fingerprint density at radius 3 is 2.28 bits per heavy atom. The van der Waals surface area contributed by atoms with Gasteiger partial charge in [-0.15, -0.1) is 0 Å². The van der Waals surface area contributed by atoms with Crippen molar-refractivity contribution in [2.75, 3.05) is 13.7 Å². The van der Waals surface area contributed by atoms with Gasteiger partial charge in [0.1, 0.15) is 6.04 Å². The van der Waals surface area contributed by atoms with Crippen molar-refractivity contribution < 1.29 is 22.7 Å². The summed E-state index contributed by atoms with van der Waals surface area (Å²) in [5, 5.41) is 2.85. The predicted molar refractivity (Wildman–Crippen MR) is 59.9 cm³/mol. The van der Waals surface area contributed by atoms with Gasteiger partial charge in [-0.1, -0.05) is 19.1 Å². The van der Waals surface area contributed by atoms with Crippen LogP contribution in [-0.4, -0.2) is 19.6 Å². The number of carbonyl (C=O) groups is 1. The van der Waals surface area contributed by atoms with Crippen molar-refractivity contribution in [2.24, 2.45) is 0 Å². The molecule has 100 valence electrons. The van der Waals surface area contributed by atoms with Gasteiger partial charge in [-0.25, -0.2) is 4.79 Å². The van der Waals surface area contributed by atoms with Crippen molar-refractivity contribution in [3.63, 3.8) is 0 Å². The molecule has 1 rings (SSSR count). The summed E-state index contributed by atoms with van der Waals surface area (Å²) in [6, 6.07) is 3.69. The second kappa shape index (κ2) is 5.86. The highest BCUT2D eigenvalue weighted by atomic mass is 19.4. The Kier molecular flexibility index (Phi) is 4.72. The molecule has 0 aromatic heterocycles. The van der Waals surface area contributed by atoms with Gasteiger partial charge in [-0.3, -0.25) is 0 Å². The van der Waals surface area contributed by atoms with Crippen LogP contribution in [0, 0.1) is 0 Å². The summed E-state index contributed by atoms with van der Waals surface area (Å²) in [7, 11) is 1.23. The van der Waals surface area contributed by atoms with E-state index in [9.17, 15) is 18.0 Å². The fraction of sp³-hybridized carbons (Fsp3) is 0.417. The lowest BCUT2D eigenvalue weighted by Gasteiger charge is -2.16. The molecule has 3 nitrogen and oxygen atoms in total. The number of hydrogen-bond acceptors (Lipinski definition) is 3. The highest BCUT2D eigenvalue weighted by Crippen LogP contribution is 2.30. The number of likely N-dealkylation sites (N-methyl/N-ethyl adjacent to an activating group) is 1. The molecule has 0 saturated carbocycles. The maximum Gasteiger partial charge on any atom is 0.416 e. The molecule has 0 aliphatic carbocycles. The van der Waals surface area contributed by atoms with E-state index >= 15 is 0 Å². The number of rotatable bonds is 4. The molecular weight excluding hydrogens is 247 g/mol. The first-order valence-electron chi connectivity index (χ1n) is 5.38. The standard InChI is InChI=1S/C12H14F3NO2/c1-3-16-10(11(17)18-2)8-4-6-9(7-5-8)12(13,14)15/h4-7,10,16H,3H2,1-2H3. The maximum absolute atomic E-state index is 12.4. The van der Waals surface area contributed by atoms with Crippen molar-refractivity contribution in [1.29, 1.82) is 0 Å². The summed E-state index contributed by atoms with van der Waals surface area (Å²) in [4.78, 5) is 11.5. The summed E-state index contributed by atoms with van der Waals surface area (Å²) in [5.41, 5.74) is -0.303. The van der Waals surface area contributed by atoms with Gasteiger partial charge in [0.15, 0.2) is 0 Å². The predicted octanol–water partition coefficient (Wildman–Crippen LogP) is 2.53. The zero-order chi connectivity index (χ0) is 13.8. The second-order valence-electron chi connectivity index (χ2n) is 3.63. The average Bonchev–Trinajstić information content (AvgIpc) is 2.34. The molecule has 1 N–H and O–H groups in total. The first-order chi connectivity index (χ1) is 8.40. The summed E-state index contributed by atoms with van der Waals surface area (Å²) in [5.74, 6) is -0.531. The molecule has 1 atom stereocenters. The Morgan fingerprint density at radius 2 is 1.89 bits per heavy atom. The van der Waals surface area contributed by atoms with Crippen LogP contribution in [0.4, 0.5) is 13.2 Å². The normalized spacial score (nSPS) is 13.2. The molecule has 0 amide bonds. The van der Waals surface area contributed by atoms with Crippen LogP contribution < -0.4 is 5.32 Å². The maximum atomic E-state index is 12.4. The van der Waals surface area contributed by atoms with Gasteiger partial charge < -0.3 is 10.1 Å². The Balaban J connectivity index is 2.97. The van der Waals surface area contributed by atoms with Crippen LogP contribution in [0.1, 0.15) is 24.1 Å². The van der Waals surface area contributed by atoms with Gasteiger partial charge in [-0.2, -0.15) is 13.2 Å². The van der Waals surface area contributed by atoms with Crippen LogP contribution in [0.2, 0.25) is 0 Å². The molecule has 0 radical (unpaired) electrons. The first-order valence-corrected chi connectivity index (χ1v) is 5.38. The Bertz CT molecular complexity index is 401. The van der Waals surface area contributed by atoms with E-state index in [2.05, 4.69) is 10.1 Å². The highest BCUT2D eigenvalue weighted by Gasteiger charge is 2.30. The number of methoxy groups -OCH3 is 1. The Morgan fingerprint density at radius 1 is 1.33 bits per heavy atom. The van der Waals surface area contributed by atoms with Crippen LogP contribution in [0.25, 0.3) is 0 Å². The van der Waals surface area contributed by atoms with E-state index in [0.717, 1.165) is 12.1 Å². The zero-order valence-electron chi connectivity index (χ0n) is 10.0. The number of carbonyl (C=O) groups excluding carboxylic acids is 1. The van der Waals surface area contributed by atoms with Crippen LogP contribution in [0.5, 0.6) is 0 Å². The molecular formula is C12H14F3NO2. The van der Waals surface area contributed by atoms with E-state index in [1.165, 1.54) is 19.2 Å². The van der Waals surface area contributed by atoms with Crippen LogP contribution >= 0.6 is 0 Å². The first kappa shape index (κ1) is 14.5. The molecule has 1 aromatic rings. The van der Waals surface area contributed by atoms with E-state index in [1.807, 2.05) is 0 Å². The molecule has 0 spiro atoms. The largest absolute Gasteiger partial charge is 0.468 e. The quantitative estimate of drug-likeness (QED) is 0.846. The molecule has 1 unspecified atom stereocenters. The average molecular weight is 261 g/mol. The molecule has 0 heterocycles. The fourth-order valence-electron chi connectivity index (χ4n) is 1.52. The van der Waals surface area contributed by atoms with Crippen LogP contribution in [0.15, 0.2) is 24.3 Å². The van der Waals surface area contributed by atoms with Gasteiger partial charge >= 0.3 is 12.1 Å². The molecule has 6 heteroatoms. The van der Waals surface area contributed by atoms with Gasteiger partial charge in [0.2, 0.25) is 0 Å². The smallest absolute Gasteiger partial charge is 0.416 e. The summed E-state index contributed by atoms with van der Waals surface area (Å²) >= 11 is 0. The SMILES string of the molecule is CCNC(C(=O)OC)c1ccc(C(F)(F)F)cc1. The number of halogens is 3. The molecule has 1 aromatic carbocycles. The van der Waals surface area contributed by atoms with Crippen molar-refractivity contribution in [3.05, 3.63) is 35.4 Å². The lowest BCUT2D eigenvalue weighted by atomic mass is 10.0. The Labute approximate surface area is 103 Å². The summed E-state index contributed by atoms with van der Waals surface area (Å²) in [6.07, 6.45) is -4.38. The van der Waals surface area contributed by atoms with E-state index in [4.69, 9.17) is 0 Å². The van der Waals surface area contributed by atoms with Crippen LogP contribution in [-0.2, 0) is 15.7 Å². The highest BCUT2D eigenvalue weighted by molar-refractivity contribution is 5.77. The number of nitrogens with one attached hydrogen (secondary N) is 1. The lowest BCUT2D eigenvalue weighted by molar-refractivity contribution is -0.143. The van der Waals surface area contributed by atoms with Gasteiger partial charge in [0.05, 0.1) is 12.7 Å². The minimum atomic E-state index is -4.38. The zero-order valence-corrected chi connectivity index (χ0v) is 10.0. The fourth-order valence-corrected chi connectivity index (χ4v) is 1.52. The third-order valence-corrected chi connectivity index (χ3v) is 2.42. The lowest BCUT2D eigenvalue weighted by Crippen LogP contribution is -2.29. The van der Waals surface area contributed by atoms with E-state index in [1.54, 1.807) is 6.92 Å². The van der Waals surface area contributed by atoms with Crippen molar-refractivity contribution in [3.8, 4) is 0 Å². The molecule has 0 aliphatic rings. The van der Waals surface area contributed by atoms with Gasteiger partial charge in [-0.05, 0) is 24.2 Å². The van der Waals surface area contributed by atoms with E-state index < -0.39 is 23.8 Å². The topological polar surface area (TPSA) is 38.3 Å². The van der Waals surface area contributed by atoms with E-state index in [-0.39, 0.29) is 0 Å². The summed E-state index contributed by atoms with van der Waals surface area (Å²) in [6.45, 7) is 2.29. The van der Waals surface area contributed by atoms with E-state index in [0.29, 0.717) is 12.1 Å². The molecule has 0 aliphatic heterocycles. The minimum absolute atomic E-state index is 0.441. The number of esters is 1. The van der Waals surface area contributed by atoms with Crippen molar-refractivity contribution in [2.45, 2.75) is 19.1 Å². The minimum Gasteiger partial charge on any atom is -0.468 e. The van der Waals surface area contributed by atoms with Gasteiger partial charge in [0.25, 0.3) is 0 Å².